The van der Waals surface area contributed by atoms with Gasteiger partial charge in [-0.25, -0.2) is 0 Å². The molecule has 0 saturated carbocycles. The molecule has 0 radical (unpaired) electrons. The topological polar surface area (TPSA) is 66.4 Å². The first-order chi connectivity index (χ1) is 6.34. The molecule has 0 heterocycles. The molecule has 0 aliphatic rings. The summed E-state index contributed by atoms with van der Waals surface area (Å²) in [7, 11) is 0. The predicted octanol–water partition coefficient (Wildman–Crippen LogP) is 1.26. The van der Waals surface area contributed by atoms with Gasteiger partial charge in [-0.3, -0.25) is 9.59 Å². The minimum Gasteiger partial charge on any atom is -0.481 e. The normalized spacial score (nSPS) is 13.0. The second kappa shape index (κ2) is 5.62. The maximum atomic E-state index is 11.6. The van der Waals surface area contributed by atoms with Crippen molar-refractivity contribution >= 4 is 11.9 Å². The maximum absolute atomic E-state index is 11.6. The lowest BCUT2D eigenvalue weighted by Crippen LogP contribution is -2.38. The monoisotopic (exact) mass is 201 g/mol. The van der Waals surface area contributed by atoms with Gasteiger partial charge in [0.15, 0.2) is 0 Å². The van der Waals surface area contributed by atoms with E-state index >= 15 is 0 Å². The van der Waals surface area contributed by atoms with Crippen LogP contribution in [-0.2, 0) is 9.59 Å². The van der Waals surface area contributed by atoms with Crippen LogP contribution in [0.3, 0.4) is 0 Å². The molecule has 0 saturated heterocycles. The molecule has 0 aliphatic heterocycles. The van der Waals surface area contributed by atoms with Gasteiger partial charge in [-0.2, -0.15) is 0 Å². The molecule has 0 rings (SSSR count). The molecule has 0 fully saturated rings. The summed E-state index contributed by atoms with van der Waals surface area (Å²) in [5.74, 6) is -1.49. The van der Waals surface area contributed by atoms with E-state index in [1.54, 1.807) is 0 Å². The third-order valence-corrected chi connectivity index (χ3v) is 1.97. The Morgan fingerprint density at radius 3 is 2.00 bits per heavy atom. The van der Waals surface area contributed by atoms with Crippen molar-refractivity contribution in [1.82, 2.24) is 5.32 Å². The summed E-state index contributed by atoms with van der Waals surface area (Å²) in [5, 5.41) is 11.4. The van der Waals surface area contributed by atoms with Gasteiger partial charge in [0.05, 0.1) is 12.3 Å². The molecule has 0 aromatic heterocycles. The van der Waals surface area contributed by atoms with Gasteiger partial charge in [0.2, 0.25) is 5.91 Å². The molecule has 0 bridgehead atoms. The Bertz CT molecular complexity index is 211. The lowest BCUT2D eigenvalue weighted by Gasteiger charge is -2.19. The van der Waals surface area contributed by atoms with E-state index in [4.69, 9.17) is 5.11 Å². The third kappa shape index (κ3) is 4.84. The van der Waals surface area contributed by atoms with Crippen LogP contribution in [0.15, 0.2) is 0 Å². The Balaban J connectivity index is 4.33. The molecule has 0 aromatic rings. The molecule has 82 valence electrons. The molecular formula is C10H19NO3. The molecule has 1 atom stereocenters. The van der Waals surface area contributed by atoms with Gasteiger partial charge in [0, 0.05) is 6.04 Å². The first-order valence-electron chi connectivity index (χ1n) is 4.86. The van der Waals surface area contributed by atoms with E-state index in [1.165, 1.54) is 0 Å². The minimum atomic E-state index is -0.928. The Hall–Kier alpha value is -1.06. The van der Waals surface area contributed by atoms with Gasteiger partial charge >= 0.3 is 5.97 Å². The Kier molecular flexibility index (Phi) is 5.20. The van der Waals surface area contributed by atoms with Crippen LogP contribution in [0.25, 0.3) is 0 Å². The number of amides is 1. The average molecular weight is 201 g/mol. The number of aliphatic carboxylic acids is 1. The van der Waals surface area contributed by atoms with Gasteiger partial charge in [-0.15, -0.1) is 0 Å². The van der Waals surface area contributed by atoms with E-state index in [0.717, 1.165) is 0 Å². The molecule has 1 amide bonds. The molecule has 0 spiro atoms. The van der Waals surface area contributed by atoms with Crippen molar-refractivity contribution in [3.8, 4) is 0 Å². The molecule has 1 unspecified atom stereocenters. The van der Waals surface area contributed by atoms with Crippen molar-refractivity contribution in [1.29, 1.82) is 0 Å². The number of rotatable bonds is 5. The van der Waals surface area contributed by atoms with E-state index in [9.17, 15) is 9.59 Å². The average Bonchev–Trinajstić information content (AvgIpc) is 1.97. The van der Waals surface area contributed by atoms with Crippen LogP contribution < -0.4 is 5.32 Å². The van der Waals surface area contributed by atoms with Crippen molar-refractivity contribution in [2.24, 2.45) is 11.8 Å². The SMILES string of the molecule is CC(C)NC(=O)C(CC(=O)O)C(C)C. The number of nitrogens with one attached hydrogen (secondary N) is 1. The fraction of sp³-hybridized carbons (Fsp3) is 0.800. The Labute approximate surface area is 84.7 Å². The minimum absolute atomic E-state index is 0.0462. The predicted molar refractivity (Wildman–Crippen MR) is 53.9 cm³/mol. The zero-order chi connectivity index (χ0) is 11.3. The van der Waals surface area contributed by atoms with Gasteiger partial charge in [0.25, 0.3) is 0 Å². The smallest absolute Gasteiger partial charge is 0.304 e. The van der Waals surface area contributed by atoms with Crippen molar-refractivity contribution in [2.45, 2.75) is 40.2 Å². The van der Waals surface area contributed by atoms with Crippen LogP contribution in [0.1, 0.15) is 34.1 Å². The highest BCUT2D eigenvalue weighted by molar-refractivity contribution is 5.83. The molecule has 0 aliphatic carbocycles. The first kappa shape index (κ1) is 12.9. The van der Waals surface area contributed by atoms with Gasteiger partial charge < -0.3 is 10.4 Å². The van der Waals surface area contributed by atoms with Crippen molar-refractivity contribution in [3.63, 3.8) is 0 Å². The summed E-state index contributed by atoms with van der Waals surface area (Å²) in [4.78, 5) is 22.1. The molecule has 4 heteroatoms. The fourth-order valence-electron chi connectivity index (χ4n) is 1.21. The molecule has 4 nitrogen and oxygen atoms in total. The number of carboxylic acid groups (broad SMARTS) is 1. The highest BCUT2D eigenvalue weighted by Gasteiger charge is 2.25. The summed E-state index contributed by atoms with van der Waals surface area (Å²) < 4.78 is 0. The standard InChI is InChI=1S/C10H19NO3/c1-6(2)8(5-9(12)13)10(14)11-7(3)4/h6-8H,5H2,1-4H3,(H,11,14)(H,12,13). The Morgan fingerprint density at radius 1 is 1.21 bits per heavy atom. The lowest BCUT2D eigenvalue weighted by atomic mass is 9.91. The summed E-state index contributed by atoms with van der Waals surface area (Å²) in [6.07, 6.45) is -0.101. The molecule has 0 aromatic carbocycles. The van der Waals surface area contributed by atoms with Gasteiger partial charge in [-0.05, 0) is 19.8 Å². The van der Waals surface area contributed by atoms with Crippen LogP contribution in [0.2, 0.25) is 0 Å². The highest BCUT2D eigenvalue weighted by atomic mass is 16.4. The van der Waals surface area contributed by atoms with E-state index in [1.807, 2.05) is 27.7 Å². The summed E-state index contributed by atoms with van der Waals surface area (Å²) in [5.41, 5.74) is 0. The lowest BCUT2D eigenvalue weighted by molar-refractivity contribution is -0.142. The zero-order valence-corrected chi connectivity index (χ0v) is 9.20. The maximum Gasteiger partial charge on any atom is 0.304 e. The number of carbonyl (C=O) groups excluding carboxylic acids is 1. The first-order valence-corrected chi connectivity index (χ1v) is 4.86. The van der Waals surface area contributed by atoms with E-state index in [0.29, 0.717) is 0 Å². The Morgan fingerprint density at radius 2 is 1.71 bits per heavy atom. The van der Waals surface area contributed by atoms with Crippen LogP contribution in [0.4, 0.5) is 0 Å². The van der Waals surface area contributed by atoms with Gasteiger partial charge in [0.1, 0.15) is 0 Å². The second-order valence-electron chi connectivity index (χ2n) is 4.11. The van der Waals surface area contributed by atoms with Crippen LogP contribution in [0.5, 0.6) is 0 Å². The summed E-state index contributed by atoms with van der Waals surface area (Å²) in [6.45, 7) is 7.42. The summed E-state index contributed by atoms with van der Waals surface area (Å²) in [6, 6.07) is 0.0533. The number of hydrogen-bond donors (Lipinski definition) is 2. The van der Waals surface area contributed by atoms with E-state index in [-0.39, 0.29) is 24.3 Å². The number of carbonyl (C=O) groups is 2. The van der Waals surface area contributed by atoms with Gasteiger partial charge in [-0.1, -0.05) is 13.8 Å². The number of hydrogen-bond acceptors (Lipinski definition) is 2. The second-order valence-corrected chi connectivity index (χ2v) is 4.11. The fourth-order valence-corrected chi connectivity index (χ4v) is 1.21. The summed E-state index contributed by atoms with van der Waals surface area (Å²) >= 11 is 0. The number of carboxylic acids is 1. The van der Waals surface area contributed by atoms with Crippen molar-refractivity contribution in [2.75, 3.05) is 0 Å². The zero-order valence-electron chi connectivity index (χ0n) is 9.20. The van der Waals surface area contributed by atoms with Crippen LogP contribution >= 0.6 is 0 Å². The molecular weight excluding hydrogens is 182 g/mol. The highest BCUT2D eigenvalue weighted by Crippen LogP contribution is 2.15. The quantitative estimate of drug-likeness (QED) is 0.703. The largest absolute Gasteiger partial charge is 0.481 e. The van der Waals surface area contributed by atoms with Crippen molar-refractivity contribution in [3.05, 3.63) is 0 Å². The van der Waals surface area contributed by atoms with E-state index in [2.05, 4.69) is 5.32 Å². The molecule has 2 N–H and O–H groups in total. The van der Waals surface area contributed by atoms with Crippen molar-refractivity contribution < 1.29 is 14.7 Å². The van der Waals surface area contributed by atoms with E-state index < -0.39 is 11.9 Å². The van der Waals surface area contributed by atoms with Crippen LogP contribution in [0, 0.1) is 11.8 Å². The van der Waals surface area contributed by atoms with Crippen LogP contribution in [-0.4, -0.2) is 23.0 Å². The third-order valence-electron chi connectivity index (χ3n) is 1.97. The molecule has 14 heavy (non-hydrogen) atoms.